The maximum Gasteiger partial charge on any atom is 0.263 e. The Labute approximate surface area is 141 Å². The Hall–Kier alpha value is -2.61. The normalized spacial score (nSPS) is 11.0. The molecule has 0 N–H and O–H groups in total. The lowest BCUT2D eigenvalue weighted by Crippen LogP contribution is -2.07. The third kappa shape index (κ3) is 3.48. The van der Waals surface area contributed by atoms with E-state index in [4.69, 9.17) is 16.3 Å². The highest BCUT2D eigenvalue weighted by Gasteiger charge is 2.13. The molecule has 2 aromatic heterocycles. The molecular weight excluding hydrogens is 340 g/mol. The number of ether oxygens (including phenoxy) is 1. The first-order valence-electron chi connectivity index (χ1n) is 6.96. The highest BCUT2D eigenvalue weighted by molar-refractivity contribution is 6.29. The van der Waals surface area contributed by atoms with E-state index in [0.717, 1.165) is 0 Å². The summed E-state index contributed by atoms with van der Waals surface area (Å²) in [5, 5.41) is 15.8. The van der Waals surface area contributed by atoms with E-state index in [9.17, 15) is 8.78 Å². The van der Waals surface area contributed by atoms with Crippen molar-refractivity contribution >= 4 is 11.6 Å². The van der Waals surface area contributed by atoms with Gasteiger partial charge in [0.2, 0.25) is 5.88 Å². The molecule has 0 spiro atoms. The molecule has 2 heterocycles. The summed E-state index contributed by atoms with van der Waals surface area (Å²) in [6, 6.07) is 8.98. The van der Waals surface area contributed by atoms with Crippen molar-refractivity contribution < 1.29 is 13.5 Å². The minimum atomic E-state index is -2.51. The zero-order chi connectivity index (χ0) is 17.1. The first-order valence-corrected chi connectivity index (χ1v) is 7.34. The fourth-order valence-corrected chi connectivity index (χ4v) is 2.13. The van der Waals surface area contributed by atoms with E-state index in [-0.39, 0.29) is 17.3 Å². The topological polar surface area (TPSA) is 65.7 Å². The molecule has 0 unspecified atom stereocenters. The number of nitrogens with zero attached hydrogens (tertiary/aromatic N) is 5. The van der Waals surface area contributed by atoms with Gasteiger partial charge in [-0.2, -0.15) is 0 Å². The van der Waals surface area contributed by atoms with Crippen molar-refractivity contribution in [1.82, 2.24) is 25.2 Å². The smallest absolute Gasteiger partial charge is 0.263 e. The van der Waals surface area contributed by atoms with Gasteiger partial charge in [-0.05, 0) is 25.1 Å². The van der Waals surface area contributed by atoms with E-state index in [0.29, 0.717) is 23.0 Å². The Bertz CT molecular complexity index is 821. The van der Waals surface area contributed by atoms with Gasteiger partial charge in [0, 0.05) is 11.6 Å². The maximum absolute atomic E-state index is 12.6. The van der Waals surface area contributed by atoms with Crippen molar-refractivity contribution in [3.63, 3.8) is 0 Å². The fraction of sp³-hybridized carbons (Fsp3) is 0.200. The van der Waals surface area contributed by atoms with E-state index >= 15 is 0 Å². The Kier molecular flexibility index (Phi) is 4.66. The number of benzene rings is 1. The average Bonchev–Trinajstić information content (AvgIpc) is 2.95. The summed E-state index contributed by atoms with van der Waals surface area (Å²) >= 11 is 5.67. The van der Waals surface area contributed by atoms with Crippen LogP contribution in [0.15, 0.2) is 36.4 Å². The maximum atomic E-state index is 12.6. The second kappa shape index (κ2) is 6.88. The van der Waals surface area contributed by atoms with Crippen LogP contribution in [0.3, 0.4) is 0 Å². The summed E-state index contributed by atoms with van der Waals surface area (Å²) in [6.07, 6.45) is -2.51. The minimum Gasteiger partial charge on any atom is -0.470 e. The number of hydrogen-bond acceptors (Lipinski definition) is 5. The summed E-state index contributed by atoms with van der Waals surface area (Å²) in [5.41, 5.74) is 1.90. The second-order valence-corrected chi connectivity index (χ2v) is 5.30. The monoisotopic (exact) mass is 351 g/mol. The first kappa shape index (κ1) is 16.3. The van der Waals surface area contributed by atoms with E-state index < -0.39 is 6.43 Å². The van der Waals surface area contributed by atoms with Crippen LogP contribution in [0, 0.1) is 6.92 Å². The third-order valence-corrected chi connectivity index (χ3v) is 3.51. The Morgan fingerprint density at radius 3 is 2.46 bits per heavy atom. The van der Waals surface area contributed by atoms with Crippen molar-refractivity contribution in [2.45, 2.75) is 20.0 Å². The largest absolute Gasteiger partial charge is 0.470 e. The molecule has 9 heteroatoms. The zero-order valence-electron chi connectivity index (χ0n) is 12.5. The fourth-order valence-electron chi connectivity index (χ4n) is 2.03. The molecule has 0 radical (unpaired) electrons. The van der Waals surface area contributed by atoms with Gasteiger partial charge >= 0.3 is 0 Å². The van der Waals surface area contributed by atoms with Gasteiger partial charge in [0.15, 0.2) is 5.15 Å². The minimum absolute atomic E-state index is 0.0511. The number of alkyl halides is 2. The summed E-state index contributed by atoms with van der Waals surface area (Å²) < 4.78 is 32.4. The molecule has 6 nitrogen and oxygen atoms in total. The van der Waals surface area contributed by atoms with Crippen LogP contribution in [0.4, 0.5) is 8.78 Å². The van der Waals surface area contributed by atoms with Crippen LogP contribution in [0.25, 0.3) is 5.69 Å². The molecule has 3 rings (SSSR count). The van der Waals surface area contributed by atoms with E-state index in [2.05, 4.69) is 20.5 Å². The molecule has 0 aliphatic carbocycles. The van der Waals surface area contributed by atoms with E-state index in [1.807, 2.05) is 0 Å². The molecule has 0 bridgehead atoms. The van der Waals surface area contributed by atoms with Gasteiger partial charge < -0.3 is 4.74 Å². The van der Waals surface area contributed by atoms with E-state index in [1.54, 1.807) is 31.2 Å². The van der Waals surface area contributed by atoms with Gasteiger partial charge in [-0.1, -0.05) is 28.9 Å². The molecule has 1 aromatic carbocycles. The molecule has 0 fully saturated rings. The Balaban J connectivity index is 1.81. The molecule has 24 heavy (non-hydrogen) atoms. The highest BCUT2D eigenvalue weighted by atomic mass is 35.5. The summed E-state index contributed by atoms with van der Waals surface area (Å²) in [4.78, 5) is 0. The standard InChI is InChI=1S/C15H12ClF2N5O/c1-9-12(8-24-14-7-6-13(16)20-21-14)23(22-19-9)11-4-2-10(3-5-11)15(17)18/h2-7,15H,8H2,1H3. The summed E-state index contributed by atoms with van der Waals surface area (Å²) in [7, 11) is 0. The van der Waals surface area contributed by atoms with Gasteiger partial charge in [-0.3, -0.25) is 0 Å². The van der Waals surface area contributed by atoms with Crippen LogP contribution < -0.4 is 4.74 Å². The van der Waals surface area contributed by atoms with Crippen LogP contribution >= 0.6 is 11.6 Å². The molecule has 0 aliphatic heterocycles. The number of hydrogen-bond donors (Lipinski definition) is 0. The molecule has 0 amide bonds. The molecule has 0 atom stereocenters. The highest BCUT2D eigenvalue weighted by Crippen LogP contribution is 2.21. The van der Waals surface area contributed by atoms with Crippen LogP contribution in [0.5, 0.6) is 5.88 Å². The van der Waals surface area contributed by atoms with Crippen LogP contribution in [-0.2, 0) is 6.61 Å². The molecule has 0 saturated heterocycles. The predicted octanol–water partition coefficient (Wildman–Crippen LogP) is 3.54. The van der Waals surface area contributed by atoms with Crippen molar-refractivity contribution in [3.8, 4) is 11.6 Å². The van der Waals surface area contributed by atoms with Gasteiger partial charge in [-0.15, -0.1) is 15.3 Å². The lowest BCUT2D eigenvalue weighted by Gasteiger charge is -2.09. The Morgan fingerprint density at radius 1 is 1.08 bits per heavy atom. The van der Waals surface area contributed by atoms with Crippen molar-refractivity contribution in [2.24, 2.45) is 0 Å². The van der Waals surface area contributed by atoms with E-state index in [1.165, 1.54) is 16.8 Å². The second-order valence-electron chi connectivity index (χ2n) is 4.91. The SMILES string of the molecule is Cc1nnn(-c2ccc(C(F)F)cc2)c1COc1ccc(Cl)nn1. The van der Waals surface area contributed by atoms with Crippen LogP contribution in [-0.4, -0.2) is 25.2 Å². The number of halogens is 3. The van der Waals surface area contributed by atoms with Crippen molar-refractivity contribution in [2.75, 3.05) is 0 Å². The molecule has 0 aliphatic rings. The molecular formula is C15H12ClF2N5O. The van der Waals surface area contributed by atoms with Crippen molar-refractivity contribution in [1.29, 1.82) is 0 Å². The lowest BCUT2D eigenvalue weighted by molar-refractivity contribution is 0.151. The zero-order valence-corrected chi connectivity index (χ0v) is 13.3. The predicted molar refractivity (Wildman–Crippen MR) is 82.4 cm³/mol. The molecule has 124 valence electrons. The Morgan fingerprint density at radius 2 is 1.83 bits per heavy atom. The number of rotatable bonds is 5. The van der Waals surface area contributed by atoms with Gasteiger partial charge in [0.1, 0.15) is 12.3 Å². The molecule has 0 saturated carbocycles. The van der Waals surface area contributed by atoms with Crippen LogP contribution in [0.1, 0.15) is 23.4 Å². The van der Waals surface area contributed by atoms with Crippen LogP contribution in [0.2, 0.25) is 5.15 Å². The lowest BCUT2D eigenvalue weighted by atomic mass is 10.2. The number of aromatic nitrogens is 5. The van der Waals surface area contributed by atoms with Gasteiger partial charge in [-0.25, -0.2) is 13.5 Å². The van der Waals surface area contributed by atoms with Gasteiger partial charge in [0.25, 0.3) is 6.43 Å². The third-order valence-electron chi connectivity index (χ3n) is 3.31. The van der Waals surface area contributed by atoms with Crippen molar-refractivity contribution in [3.05, 3.63) is 58.5 Å². The summed E-state index contributed by atoms with van der Waals surface area (Å²) in [5.74, 6) is 0.305. The number of aryl methyl sites for hydroxylation is 1. The quantitative estimate of drug-likeness (QED) is 0.703. The van der Waals surface area contributed by atoms with Gasteiger partial charge in [0.05, 0.1) is 11.4 Å². The summed E-state index contributed by atoms with van der Waals surface area (Å²) in [6.45, 7) is 1.93. The average molecular weight is 352 g/mol. The molecule has 3 aromatic rings. The first-order chi connectivity index (χ1) is 11.5.